The minimum atomic E-state index is 0.708. The maximum Gasteiger partial charge on any atom is 0.163 e. The highest BCUT2D eigenvalue weighted by atomic mass is 15.1. The summed E-state index contributed by atoms with van der Waals surface area (Å²) < 4.78 is 0. The number of likely N-dealkylation sites (N-methyl/N-ethyl adjacent to an activating group) is 1. The van der Waals surface area contributed by atoms with Crippen LogP contribution in [0.15, 0.2) is 54.6 Å². The summed E-state index contributed by atoms with van der Waals surface area (Å²) in [7, 11) is 4.12. The predicted molar refractivity (Wildman–Crippen MR) is 114 cm³/mol. The lowest BCUT2D eigenvalue weighted by atomic mass is 10.1. The van der Waals surface area contributed by atoms with Crippen molar-refractivity contribution in [2.75, 3.05) is 37.8 Å². The van der Waals surface area contributed by atoms with E-state index in [1.54, 1.807) is 0 Å². The zero-order valence-electron chi connectivity index (χ0n) is 16.5. The van der Waals surface area contributed by atoms with Crippen LogP contribution in [0.3, 0.4) is 0 Å². The van der Waals surface area contributed by atoms with E-state index < -0.39 is 0 Å². The van der Waals surface area contributed by atoms with Crippen LogP contribution in [0.5, 0.6) is 0 Å². The summed E-state index contributed by atoms with van der Waals surface area (Å²) in [5.74, 6) is 2.31. The first-order chi connectivity index (χ1) is 13.0. The first-order valence-electron chi connectivity index (χ1n) is 9.19. The van der Waals surface area contributed by atoms with Crippen LogP contribution >= 0.6 is 0 Å². The Morgan fingerprint density at radius 1 is 0.852 bits per heavy atom. The molecule has 0 unspecified atom stereocenters. The maximum atomic E-state index is 4.75. The highest BCUT2D eigenvalue weighted by Crippen LogP contribution is 2.26. The highest BCUT2D eigenvalue weighted by Gasteiger charge is 2.09. The van der Waals surface area contributed by atoms with Gasteiger partial charge in [0.25, 0.3) is 0 Å². The molecule has 0 atom stereocenters. The van der Waals surface area contributed by atoms with Crippen molar-refractivity contribution in [2.45, 2.75) is 13.8 Å². The molecule has 3 rings (SSSR count). The summed E-state index contributed by atoms with van der Waals surface area (Å²) >= 11 is 0. The van der Waals surface area contributed by atoms with Crippen LogP contribution in [0.2, 0.25) is 0 Å². The van der Waals surface area contributed by atoms with Crippen LogP contribution in [0, 0.1) is 13.8 Å². The molecule has 2 aromatic carbocycles. The average molecular weight is 361 g/mol. The zero-order chi connectivity index (χ0) is 19.2. The predicted octanol–water partition coefficient (Wildman–Crippen LogP) is 4.48. The fourth-order valence-electron chi connectivity index (χ4n) is 2.87. The molecular weight excluding hydrogens is 334 g/mol. The van der Waals surface area contributed by atoms with Gasteiger partial charge in [-0.05, 0) is 39.1 Å². The highest BCUT2D eigenvalue weighted by molar-refractivity contribution is 5.68. The fourth-order valence-corrected chi connectivity index (χ4v) is 2.87. The number of nitrogens with one attached hydrogen (secondary N) is 2. The SMILES string of the molecule is Cc1cccc(C)c1Nc1cc(NCCN(C)C)nc(-c2ccccc2)n1. The number of hydrogen-bond acceptors (Lipinski definition) is 5. The van der Waals surface area contributed by atoms with E-state index in [1.807, 2.05) is 36.4 Å². The van der Waals surface area contributed by atoms with E-state index in [1.165, 1.54) is 11.1 Å². The molecule has 0 amide bonds. The van der Waals surface area contributed by atoms with Crippen LogP contribution in [0.25, 0.3) is 11.4 Å². The molecule has 0 saturated heterocycles. The summed E-state index contributed by atoms with van der Waals surface area (Å²) in [5, 5.41) is 6.90. The number of anilines is 3. The summed E-state index contributed by atoms with van der Waals surface area (Å²) in [5.41, 5.74) is 4.47. The Bertz CT molecular complexity index is 870. The van der Waals surface area contributed by atoms with Crippen molar-refractivity contribution in [1.29, 1.82) is 0 Å². The number of para-hydroxylation sites is 1. The van der Waals surface area contributed by atoms with Gasteiger partial charge in [-0.1, -0.05) is 48.5 Å². The molecule has 0 aliphatic carbocycles. The number of rotatable bonds is 7. The minimum absolute atomic E-state index is 0.708. The topological polar surface area (TPSA) is 53.1 Å². The van der Waals surface area contributed by atoms with E-state index in [9.17, 15) is 0 Å². The number of hydrogen-bond donors (Lipinski definition) is 2. The smallest absolute Gasteiger partial charge is 0.163 e. The van der Waals surface area contributed by atoms with Gasteiger partial charge in [-0.25, -0.2) is 9.97 Å². The molecule has 0 aliphatic rings. The number of nitrogens with zero attached hydrogens (tertiary/aromatic N) is 3. The van der Waals surface area contributed by atoms with E-state index in [0.29, 0.717) is 5.82 Å². The molecule has 27 heavy (non-hydrogen) atoms. The summed E-state index contributed by atoms with van der Waals surface area (Å²) in [6.07, 6.45) is 0. The van der Waals surface area contributed by atoms with Crippen molar-refractivity contribution in [3.05, 3.63) is 65.7 Å². The fraction of sp³-hybridized carbons (Fsp3) is 0.273. The standard InChI is InChI=1S/C22H27N5/c1-16-9-8-10-17(2)21(16)24-20-15-19(23-13-14-27(3)4)25-22(26-20)18-11-6-5-7-12-18/h5-12,15H,13-14H2,1-4H3,(H2,23,24,25,26). The third kappa shape index (κ3) is 5.05. The molecule has 0 spiro atoms. The Morgan fingerprint density at radius 2 is 1.52 bits per heavy atom. The molecule has 140 valence electrons. The molecule has 1 aromatic heterocycles. The van der Waals surface area contributed by atoms with Gasteiger partial charge >= 0.3 is 0 Å². The van der Waals surface area contributed by atoms with Gasteiger partial charge in [0.05, 0.1) is 0 Å². The first kappa shape index (κ1) is 18.9. The molecule has 2 N–H and O–H groups in total. The van der Waals surface area contributed by atoms with Gasteiger partial charge in [-0.15, -0.1) is 0 Å². The van der Waals surface area contributed by atoms with Crippen LogP contribution in [0.4, 0.5) is 17.3 Å². The average Bonchev–Trinajstić information content (AvgIpc) is 2.65. The largest absolute Gasteiger partial charge is 0.369 e. The summed E-state index contributed by atoms with van der Waals surface area (Å²) in [6.45, 7) is 5.96. The van der Waals surface area contributed by atoms with Crippen LogP contribution in [-0.2, 0) is 0 Å². The third-order valence-electron chi connectivity index (χ3n) is 4.36. The Labute approximate surface area is 161 Å². The van der Waals surface area contributed by atoms with Crippen LogP contribution in [-0.4, -0.2) is 42.1 Å². The molecule has 0 radical (unpaired) electrons. The van der Waals surface area contributed by atoms with Crippen molar-refractivity contribution in [3.63, 3.8) is 0 Å². The van der Waals surface area contributed by atoms with Crippen molar-refractivity contribution in [1.82, 2.24) is 14.9 Å². The monoisotopic (exact) mass is 361 g/mol. The van der Waals surface area contributed by atoms with Crippen molar-refractivity contribution >= 4 is 17.3 Å². The van der Waals surface area contributed by atoms with E-state index in [0.717, 1.165) is 36.0 Å². The van der Waals surface area contributed by atoms with Crippen LogP contribution < -0.4 is 10.6 Å². The Kier molecular flexibility index (Phi) is 6.04. The van der Waals surface area contributed by atoms with Gasteiger partial charge in [-0.2, -0.15) is 0 Å². The minimum Gasteiger partial charge on any atom is -0.369 e. The van der Waals surface area contributed by atoms with Gasteiger partial charge in [0.1, 0.15) is 11.6 Å². The number of aromatic nitrogens is 2. The zero-order valence-corrected chi connectivity index (χ0v) is 16.5. The molecule has 3 aromatic rings. The molecule has 0 saturated carbocycles. The molecule has 0 fully saturated rings. The van der Waals surface area contributed by atoms with Crippen LogP contribution in [0.1, 0.15) is 11.1 Å². The second kappa shape index (κ2) is 8.64. The van der Waals surface area contributed by atoms with Gasteiger partial charge in [-0.3, -0.25) is 0 Å². The lowest BCUT2D eigenvalue weighted by Crippen LogP contribution is -2.21. The molecule has 5 nitrogen and oxygen atoms in total. The van der Waals surface area contributed by atoms with Crippen molar-refractivity contribution in [2.24, 2.45) is 0 Å². The van der Waals surface area contributed by atoms with E-state index >= 15 is 0 Å². The van der Waals surface area contributed by atoms with Gasteiger partial charge in [0.15, 0.2) is 5.82 Å². The quantitative estimate of drug-likeness (QED) is 0.650. The Balaban J connectivity index is 1.94. The van der Waals surface area contributed by atoms with Gasteiger partial charge in [0, 0.05) is 30.4 Å². The van der Waals surface area contributed by atoms with Crippen molar-refractivity contribution < 1.29 is 0 Å². The van der Waals surface area contributed by atoms with E-state index in [-0.39, 0.29) is 0 Å². The number of benzene rings is 2. The summed E-state index contributed by atoms with van der Waals surface area (Å²) in [6, 6.07) is 18.3. The lowest BCUT2D eigenvalue weighted by molar-refractivity contribution is 0.425. The van der Waals surface area contributed by atoms with Gasteiger partial charge in [0.2, 0.25) is 0 Å². The third-order valence-corrected chi connectivity index (χ3v) is 4.36. The lowest BCUT2D eigenvalue weighted by Gasteiger charge is -2.15. The molecular formula is C22H27N5. The second-order valence-electron chi connectivity index (χ2n) is 6.95. The molecule has 0 bridgehead atoms. The molecule has 1 heterocycles. The number of aryl methyl sites for hydroxylation is 2. The van der Waals surface area contributed by atoms with E-state index in [4.69, 9.17) is 9.97 Å². The Hall–Kier alpha value is -2.92. The van der Waals surface area contributed by atoms with Crippen molar-refractivity contribution in [3.8, 4) is 11.4 Å². The normalized spacial score (nSPS) is 10.9. The molecule has 0 aliphatic heterocycles. The Morgan fingerprint density at radius 3 is 2.19 bits per heavy atom. The molecule has 5 heteroatoms. The maximum absolute atomic E-state index is 4.75. The van der Waals surface area contributed by atoms with E-state index in [2.05, 4.69) is 61.7 Å². The van der Waals surface area contributed by atoms with Gasteiger partial charge < -0.3 is 15.5 Å². The summed E-state index contributed by atoms with van der Waals surface area (Å²) in [4.78, 5) is 11.6. The first-order valence-corrected chi connectivity index (χ1v) is 9.19. The second-order valence-corrected chi connectivity index (χ2v) is 6.95.